The summed E-state index contributed by atoms with van der Waals surface area (Å²) < 4.78 is 6.21. The smallest absolute Gasteiger partial charge is 0.411 e. The van der Waals surface area contributed by atoms with Gasteiger partial charge in [-0.2, -0.15) is 0 Å². The van der Waals surface area contributed by atoms with E-state index in [9.17, 15) is 9.59 Å². The number of rotatable bonds is 5. The van der Waals surface area contributed by atoms with Gasteiger partial charge >= 0.3 is 12.1 Å². The molecule has 0 bridgehead atoms. The molecule has 0 aromatic heterocycles. The van der Waals surface area contributed by atoms with Gasteiger partial charge in [-0.25, -0.2) is 9.59 Å². The second-order valence-corrected chi connectivity index (χ2v) is 10.2. The molecule has 0 spiro atoms. The minimum Gasteiger partial charge on any atom is -0.431 e. The molecule has 0 saturated carbocycles. The molecule has 2 fully saturated rings. The van der Waals surface area contributed by atoms with Gasteiger partial charge in [0.15, 0.2) is 5.60 Å². The summed E-state index contributed by atoms with van der Waals surface area (Å²) in [7, 11) is 0. The van der Waals surface area contributed by atoms with Crippen molar-refractivity contribution < 1.29 is 14.3 Å². The van der Waals surface area contributed by atoms with Gasteiger partial charge in [0.2, 0.25) is 0 Å². The largest absolute Gasteiger partial charge is 0.431 e. The van der Waals surface area contributed by atoms with E-state index in [-0.39, 0.29) is 23.7 Å². The maximum Gasteiger partial charge on any atom is 0.411 e. The summed E-state index contributed by atoms with van der Waals surface area (Å²) in [6.07, 6.45) is 5.11. The first-order chi connectivity index (χ1) is 16.9. The van der Waals surface area contributed by atoms with Crippen LogP contribution in [0.5, 0.6) is 0 Å². The lowest BCUT2D eigenvalue weighted by atomic mass is 9.79. The Kier molecular flexibility index (Phi) is 6.28. The van der Waals surface area contributed by atoms with Crippen LogP contribution < -0.4 is 5.32 Å². The van der Waals surface area contributed by atoms with E-state index < -0.39 is 5.60 Å². The first kappa shape index (κ1) is 23.4. The van der Waals surface area contributed by atoms with Crippen LogP contribution in [0.3, 0.4) is 0 Å². The van der Waals surface area contributed by atoms with Crippen molar-refractivity contribution in [3.8, 4) is 0 Å². The first-order valence-corrected chi connectivity index (χ1v) is 12.5. The van der Waals surface area contributed by atoms with Crippen LogP contribution in [-0.2, 0) is 10.3 Å². The molecule has 2 aromatic rings. The van der Waals surface area contributed by atoms with Crippen LogP contribution in [0.4, 0.5) is 9.59 Å². The number of carbonyl (C=O) groups excluding carboxylic acids is 2. The Morgan fingerprint density at radius 3 is 2.26 bits per heavy atom. The van der Waals surface area contributed by atoms with E-state index in [0.717, 1.165) is 30.6 Å². The van der Waals surface area contributed by atoms with Gasteiger partial charge in [-0.1, -0.05) is 72.8 Å². The molecule has 0 radical (unpaired) electrons. The number of amides is 3. The van der Waals surface area contributed by atoms with Crippen molar-refractivity contribution in [1.29, 1.82) is 0 Å². The highest BCUT2D eigenvalue weighted by molar-refractivity contribution is 5.77. The zero-order chi connectivity index (χ0) is 24.5. The summed E-state index contributed by atoms with van der Waals surface area (Å²) in [5.74, 6) is 0. The summed E-state index contributed by atoms with van der Waals surface area (Å²) in [5.41, 5.74) is 0.701. The number of urea groups is 1. The molecule has 7 nitrogen and oxygen atoms in total. The van der Waals surface area contributed by atoms with E-state index >= 15 is 0 Å². The van der Waals surface area contributed by atoms with Crippen molar-refractivity contribution in [3.63, 3.8) is 0 Å². The van der Waals surface area contributed by atoms with Crippen molar-refractivity contribution in [2.24, 2.45) is 0 Å². The van der Waals surface area contributed by atoms with Gasteiger partial charge < -0.3 is 15.0 Å². The Bertz CT molecular complexity index is 1050. The molecular weight excluding hydrogens is 440 g/mol. The van der Waals surface area contributed by atoms with E-state index in [0.29, 0.717) is 26.2 Å². The van der Waals surface area contributed by atoms with E-state index in [2.05, 4.69) is 36.2 Å². The van der Waals surface area contributed by atoms with Gasteiger partial charge in [0.1, 0.15) is 6.04 Å². The third-order valence-corrected chi connectivity index (χ3v) is 7.61. The highest BCUT2D eigenvalue weighted by atomic mass is 16.6. The monoisotopic (exact) mass is 474 g/mol. The van der Waals surface area contributed by atoms with Crippen molar-refractivity contribution >= 4 is 12.1 Å². The van der Waals surface area contributed by atoms with Crippen LogP contribution in [0.15, 0.2) is 72.8 Å². The highest BCUT2D eigenvalue weighted by Gasteiger charge is 2.58. The van der Waals surface area contributed by atoms with Gasteiger partial charge in [-0.05, 0) is 20.3 Å². The number of nitrogens with zero attached hydrogens (tertiary/aromatic N) is 3. The van der Waals surface area contributed by atoms with Gasteiger partial charge in [0, 0.05) is 55.9 Å². The molecule has 2 saturated heterocycles. The summed E-state index contributed by atoms with van der Waals surface area (Å²) in [6.45, 7) is 8.11. The predicted octanol–water partition coefficient (Wildman–Crippen LogP) is 3.82. The lowest BCUT2D eigenvalue weighted by molar-refractivity contribution is 0.0504. The van der Waals surface area contributed by atoms with Crippen LogP contribution >= 0.6 is 0 Å². The quantitative estimate of drug-likeness (QED) is 0.670. The second-order valence-electron chi connectivity index (χ2n) is 10.2. The zero-order valence-electron chi connectivity index (χ0n) is 20.5. The molecule has 0 aliphatic carbocycles. The molecule has 3 aliphatic heterocycles. The molecule has 1 N–H and O–H groups in total. The fourth-order valence-corrected chi connectivity index (χ4v) is 5.55. The molecule has 3 aliphatic rings. The number of benzene rings is 2. The minimum atomic E-state index is -0.974. The molecule has 5 rings (SSSR count). The lowest BCUT2D eigenvalue weighted by Gasteiger charge is -2.43. The maximum absolute atomic E-state index is 13.3. The average Bonchev–Trinajstić information content (AvgIpc) is 3.21. The lowest BCUT2D eigenvalue weighted by Crippen LogP contribution is -2.61. The van der Waals surface area contributed by atoms with Crippen molar-refractivity contribution in [2.45, 2.75) is 37.5 Å². The Labute approximate surface area is 207 Å². The SMILES string of the molecule is CC(C)(CNC(=O)N1CCN2C(=O)OC(c3ccccc3)(c3ccccc3)C2C1)N1CC=CCC1. The topological polar surface area (TPSA) is 65.1 Å². The molecule has 35 heavy (non-hydrogen) atoms. The van der Waals surface area contributed by atoms with Gasteiger partial charge in [-0.15, -0.1) is 0 Å². The third kappa shape index (κ3) is 4.29. The molecule has 1 atom stereocenters. The number of fused-ring (bicyclic) bond motifs is 1. The molecule has 3 amide bonds. The summed E-state index contributed by atoms with van der Waals surface area (Å²) in [5, 5.41) is 3.16. The Morgan fingerprint density at radius 1 is 1.00 bits per heavy atom. The summed E-state index contributed by atoms with van der Waals surface area (Å²) in [6, 6.07) is 19.3. The minimum absolute atomic E-state index is 0.0975. The molecule has 1 unspecified atom stereocenters. The maximum atomic E-state index is 13.3. The number of hydrogen-bond donors (Lipinski definition) is 1. The number of carbonyl (C=O) groups is 2. The second kappa shape index (κ2) is 9.38. The normalized spacial score (nSPS) is 22.0. The van der Waals surface area contributed by atoms with E-state index in [1.54, 1.807) is 4.90 Å². The molecule has 2 aromatic carbocycles. The predicted molar refractivity (Wildman–Crippen MR) is 135 cm³/mol. The van der Waals surface area contributed by atoms with Crippen molar-refractivity contribution in [1.82, 2.24) is 20.0 Å². The number of piperazine rings is 1. The Morgan fingerprint density at radius 2 is 1.66 bits per heavy atom. The Hall–Kier alpha value is -3.32. The van der Waals surface area contributed by atoms with Crippen LogP contribution in [0, 0.1) is 0 Å². The van der Waals surface area contributed by atoms with Gasteiger partial charge in [0.05, 0.1) is 0 Å². The van der Waals surface area contributed by atoms with Crippen molar-refractivity contribution in [2.75, 3.05) is 39.3 Å². The fraction of sp³-hybridized carbons (Fsp3) is 0.429. The zero-order valence-corrected chi connectivity index (χ0v) is 20.5. The average molecular weight is 475 g/mol. The van der Waals surface area contributed by atoms with Crippen LogP contribution in [0.25, 0.3) is 0 Å². The number of cyclic esters (lactones) is 1. The van der Waals surface area contributed by atoms with E-state index in [1.807, 2.05) is 65.6 Å². The Balaban J connectivity index is 1.38. The van der Waals surface area contributed by atoms with Crippen LogP contribution in [0.1, 0.15) is 31.4 Å². The standard InChI is InChI=1S/C28H34N4O3/c1-27(2,31-16-10-5-11-17-31)21-29-25(33)30-18-19-32-24(20-30)28(35-26(32)34,22-12-6-3-7-13-22)23-14-8-4-9-15-23/h3-10,12-15,24H,11,16-21H2,1-2H3,(H,29,33). The van der Waals surface area contributed by atoms with E-state index in [4.69, 9.17) is 4.74 Å². The first-order valence-electron chi connectivity index (χ1n) is 12.5. The van der Waals surface area contributed by atoms with Crippen LogP contribution in [-0.4, -0.2) is 77.7 Å². The van der Waals surface area contributed by atoms with Crippen molar-refractivity contribution in [3.05, 3.63) is 83.9 Å². The van der Waals surface area contributed by atoms with Gasteiger partial charge in [-0.3, -0.25) is 9.80 Å². The van der Waals surface area contributed by atoms with E-state index in [1.165, 1.54) is 0 Å². The summed E-state index contributed by atoms with van der Waals surface area (Å²) >= 11 is 0. The van der Waals surface area contributed by atoms with Gasteiger partial charge in [0.25, 0.3) is 0 Å². The number of ether oxygens (including phenoxy) is 1. The third-order valence-electron chi connectivity index (χ3n) is 7.61. The molecule has 3 heterocycles. The molecule has 184 valence electrons. The fourth-order valence-electron chi connectivity index (χ4n) is 5.55. The molecule has 7 heteroatoms. The number of nitrogens with one attached hydrogen (secondary N) is 1. The highest BCUT2D eigenvalue weighted by Crippen LogP contribution is 2.45. The number of hydrogen-bond acceptors (Lipinski definition) is 4. The summed E-state index contributed by atoms with van der Waals surface area (Å²) in [4.78, 5) is 32.4. The van der Waals surface area contributed by atoms with Crippen LogP contribution in [0.2, 0.25) is 0 Å². The molecular formula is C28H34N4O3.